The van der Waals surface area contributed by atoms with Crippen LogP contribution in [0.15, 0.2) is 108 Å². The lowest BCUT2D eigenvalue weighted by atomic mass is 10.0. The molecule has 0 radical (unpaired) electrons. The summed E-state index contributed by atoms with van der Waals surface area (Å²) in [5, 5.41) is 8.95. The summed E-state index contributed by atoms with van der Waals surface area (Å²) in [7, 11) is 1.56. The number of nitrogens with one attached hydrogen (secondary N) is 1. The zero-order chi connectivity index (χ0) is 30.4. The summed E-state index contributed by atoms with van der Waals surface area (Å²) in [6.07, 6.45) is 2.55. The molecule has 0 aliphatic heterocycles. The summed E-state index contributed by atoms with van der Waals surface area (Å²) in [6, 6.07) is 27.6. The van der Waals surface area contributed by atoms with E-state index in [0.29, 0.717) is 33.8 Å². The summed E-state index contributed by atoms with van der Waals surface area (Å²) < 4.78 is 26.6. The minimum atomic E-state index is -0.452. The number of furan rings is 1. The van der Waals surface area contributed by atoms with E-state index in [2.05, 4.69) is 5.32 Å². The van der Waals surface area contributed by atoms with E-state index in [0.717, 1.165) is 22.5 Å². The summed E-state index contributed by atoms with van der Waals surface area (Å²) in [4.78, 5) is 27.2. The largest absolute Gasteiger partial charge is 0.495 e. The Labute approximate surface area is 256 Å². The fourth-order valence-corrected chi connectivity index (χ4v) is 5.77. The van der Waals surface area contributed by atoms with E-state index in [-0.39, 0.29) is 29.1 Å². The third kappa shape index (κ3) is 5.03. The molecule has 7 nitrogen and oxygen atoms in total. The van der Waals surface area contributed by atoms with E-state index in [1.54, 1.807) is 36.1 Å². The van der Waals surface area contributed by atoms with Gasteiger partial charge in [-0.1, -0.05) is 41.9 Å². The van der Waals surface area contributed by atoms with E-state index in [9.17, 15) is 14.0 Å². The predicted molar refractivity (Wildman–Crippen MR) is 166 cm³/mol. The highest BCUT2D eigenvalue weighted by Gasteiger charge is 2.46. The molecule has 0 spiro atoms. The number of methoxy groups -OCH3 is 1. The Kier molecular flexibility index (Phi) is 6.98. The molecule has 44 heavy (non-hydrogen) atoms. The number of nitrogens with zero attached hydrogens (tertiary/aromatic N) is 2. The number of anilines is 1. The van der Waals surface area contributed by atoms with E-state index in [1.807, 2.05) is 54.7 Å². The highest BCUT2D eigenvalue weighted by molar-refractivity contribution is 6.32. The quantitative estimate of drug-likeness (QED) is 0.177. The number of fused-ring (bicyclic) bond motifs is 1. The molecule has 0 saturated heterocycles. The number of ketones is 1. The van der Waals surface area contributed by atoms with Gasteiger partial charge in [-0.25, -0.2) is 9.07 Å². The molecule has 1 saturated carbocycles. The highest BCUT2D eigenvalue weighted by Crippen LogP contribution is 2.51. The topological polar surface area (TPSA) is 86.4 Å². The van der Waals surface area contributed by atoms with Crippen LogP contribution in [-0.2, 0) is 4.79 Å². The third-order valence-corrected chi connectivity index (χ3v) is 8.17. The van der Waals surface area contributed by atoms with Crippen LogP contribution >= 0.6 is 11.6 Å². The summed E-state index contributed by atoms with van der Waals surface area (Å²) >= 11 is 6.47. The van der Waals surface area contributed by atoms with Crippen LogP contribution in [0.2, 0.25) is 5.02 Å². The SMILES string of the molecule is COc1ccc(-c2nn(-c3ccccc3)cc2C2CC2C(=O)Nc2c(C(=O)c3ccc(F)cc3)oc3ccccc23)cc1Cl. The van der Waals surface area contributed by atoms with Crippen molar-refractivity contribution in [1.82, 2.24) is 9.78 Å². The van der Waals surface area contributed by atoms with Crippen LogP contribution in [-0.4, -0.2) is 28.6 Å². The average Bonchev–Trinajstić information content (AvgIpc) is 3.59. The number of amides is 1. The fourth-order valence-electron chi connectivity index (χ4n) is 5.52. The molecule has 1 aliphatic carbocycles. The number of para-hydroxylation sites is 2. The standard InChI is InChI=1S/C35H25ClFN3O4/c1-43-30-16-13-21(17-28(30)36)31-27(19-40(39-31)23-7-3-2-4-8-23)25-18-26(25)35(42)38-32-24-9-5-6-10-29(24)44-34(32)33(41)20-11-14-22(37)15-12-20/h2-17,19,25-26H,18H2,1H3,(H,38,42). The van der Waals surface area contributed by atoms with E-state index < -0.39 is 11.6 Å². The average molecular weight is 606 g/mol. The Morgan fingerprint density at radius 2 is 1.75 bits per heavy atom. The van der Waals surface area contributed by atoms with Gasteiger partial charge in [-0.2, -0.15) is 5.10 Å². The fraction of sp³-hybridized carbons (Fsp3) is 0.114. The lowest BCUT2D eigenvalue weighted by Crippen LogP contribution is -2.16. The van der Waals surface area contributed by atoms with Gasteiger partial charge in [0.05, 0.1) is 29.2 Å². The normalized spacial score (nSPS) is 15.7. The van der Waals surface area contributed by atoms with Gasteiger partial charge in [0.25, 0.3) is 0 Å². The minimum absolute atomic E-state index is 0.00572. The lowest BCUT2D eigenvalue weighted by molar-refractivity contribution is -0.117. The van der Waals surface area contributed by atoms with Crippen molar-refractivity contribution in [3.63, 3.8) is 0 Å². The van der Waals surface area contributed by atoms with E-state index in [4.69, 9.17) is 25.9 Å². The van der Waals surface area contributed by atoms with Crippen molar-refractivity contribution < 1.29 is 23.1 Å². The zero-order valence-electron chi connectivity index (χ0n) is 23.5. The Bertz CT molecular complexity index is 2040. The predicted octanol–water partition coefficient (Wildman–Crippen LogP) is 8.06. The van der Waals surface area contributed by atoms with Crippen LogP contribution in [0.3, 0.4) is 0 Å². The molecule has 1 N–H and O–H groups in total. The molecule has 0 bridgehead atoms. The zero-order valence-corrected chi connectivity index (χ0v) is 24.2. The minimum Gasteiger partial charge on any atom is -0.495 e. The monoisotopic (exact) mass is 605 g/mol. The van der Waals surface area contributed by atoms with Crippen LogP contribution in [0.1, 0.15) is 34.0 Å². The molecule has 4 aromatic carbocycles. The molecule has 218 valence electrons. The van der Waals surface area contributed by atoms with Gasteiger partial charge >= 0.3 is 0 Å². The van der Waals surface area contributed by atoms with Crippen molar-refractivity contribution in [1.29, 1.82) is 0 Å². The number of ether oxygens (including phenoxy) is 1. The second-order valence-electron chi connectivity index (χ2n) is 10.6. The molecule has 6 aromatic rings. The molecule has 2 heterocycles. The van der Waals surface area contributed by atoms with E-state index in [1.165, 1.54) is 24.3 Å². The first-order valence-electron chi connectivity index (χ1n) is 14.0. The van der Waals surface area contributed by atoms with Crippen molar-refractivity contribution in [2.45, 2.75) is 12.3 Å². The number of hydrogen-bond acceptors (Lipinski definition) is 5. The Balaban J connectivity index is 1.21. The van der Waals surface area contributed by atoms with Crippen LogP contribution < -0.4 is 10.1 Å². The Hall–Kier alpha value is -5.21. The van der Waals surface area contributed by atoms with Crippen molar-refractivity contribution in [2.75, 3.05) is 12.4 Å². The molecule has 1 fully saturated rings. The number of aromatic nitrogens is 2. The second kappa shape index (κ2) is 11.1. The maximum absolute atomic E-state index is 13.7. The first-order chi connectivity index (χ1) is 21.4. The number of rotatable bonds is 8. The molecule has 2 atom stereocenters. The molecular formula is C35H25ClFN3O4. The molecule has 7 rings (SSSR count). The van der Waals surface area contributed by atoms with Crippen LogP contribution in [0.4, 0.5) is 10.1 Å². The molecule has 1 amide bonds. The smallest absolute Gasteiger partial charge is 0.230 e. The van der Waals surface area contributed by atoms with Crippen molar-refractivity contribution >= 4 is 39.9 Å². The Morgan fingerprint density at radius 3 is 2.50 bits per heavy atom. The second-order valence-corrected chi connectivity index (χ2v) is 11.0. The number of benzene rings is 4. The maximum Gasteiger partial charge on any atom is 0.230 e. The number of carbonyl (C=O) groups excluding carboxylic acids is 2. The third-order valence-electron chi connectivity index (χ3n) is 7.87. The summed E-state index contributed by atoms with van der Waals surface area (Å²) in [6.45, 7) is 0. The van der Waals surface area contributed by atoms with Gasteiger partial charge in [-0.3, -0.25) is 9.59 Å². The van der Waals surface area contributed by atoms with Gasteiger partial charge in [0.2, 0.25) is 11.7 Å². The molecule has 1 aliphatic rings. The van der Waals surface area contributed by atoms with Crippen LogP contribution in [0.5, 0.6) is 5.75 Å². The molecule has 9 heteroatoms. The summed E-state index contributed by atoms with van der Waals surface area (Å²) in [5.41, 5.74) is 4.33. The van der Waals surface area contributed by atoms with Crippen molar-refractivity contribution in [3.8, 4) is 22.7 Å². The molecule has 2 aromatic heterocycles. The number of hydrogen-bond donors (Lipinski definition) is 1. The molecular weight excluding hydrogens is 581 g/mol. The van der Waals surface area contributed by atoms with E-state index >= 15 is 0 Å². The lowest BCUT2D eigenvalue weighted by Gasteiger charge is -2.08. The van der Waals surface area contributed by atoms with Gasteiger partial charge < -0.3 is 14.5 Å². The van der Waals surface area contributed by atoms with Gasteiger partial charge in [-0.05, 0) is 73.2 Å². The Morgan fingerprint density at radius 1 is 1.00 bits per heavy atom. The van der Waals surface area contributed by atoms with Crippen LogP contribution in [0, 0.1) is 11.7 Å². The van der Waals surface area contributed by atoms with Gasteiger partial charge in [-0.15, -0.1) is 0 Å². The van der Waals surface area contributed by atoms with Crippen molar-refractivity contribution in [3.05, 3.63) is 131 Å². The number of carbonyl (C=O) groups is 2. The summed E-state index contributed by atoms with van der Waals surface area (Å²) in [5.74, 6) is -1.06. The maximum atomic E-state index is 13.7. The first kappa shape index (κ1) is 27.6. The van der Waals surface area contributed by atoms with Crippen LogP contribution in [0.25, 0.3) is 27.9 Å². The van der Waals surface area contributed by atoms with Crippen molar-refractivity contribution in [2.24, 2.45) is 5.92 Å². The van der Waals surface area contributed by atoms with Gasteiger partial charge in [0.1, 0.15) is 17.1 Å². The highest BCUT2D eigenvalue weighted by atomic mass is 35.5. The first-order valence-corrected chi connectivity index (χ1v) is 14.4. The van der Waals surface area contributed by atoms with Gasteiger partial charge in [0, 0.05) is 40.1 Å². The van der Waals surface area contributed by atoms with Gasteiger partial charge in [0.15, 0.2) is 5.76 Å². The molecule has 2 unspecified atom stereocenters. The number of halogens is 2.